The summed E-state index contributed by atoms with van der Waals surface area (Å²) in [6.07, 6.45) is 3.47. The first kappa shape index (κ1) is 12.7. The summed E-state index contributed by atoms with van der Waals surface area (Å²) in [7, 11) is 0. The van der Waals surface area contributed by atoms with E-state index in [1.165, 1.54) is 6.07 Å². The average molecular weight is 245 g/mol. The molecule has 0 amide bonds. The number of hydrogen-bond donors (Lipinski definition) is 2. The molecule has 0 saturated heterocycles. The van der Waals surface area contributed by atoms with Gasteiger partial charge in [0.15, 0.2) is 0 Å². The van der Waals surface area contributed by atoms with Crippen LogP contribution in [0.4, 0.5) is 4.39 Å². The summed E-state index contributed by atoms with van der Waals surface area (Å²) < 4.78 is 13.6. The third-order valence-corrected chi connectivity index (χ3v) is 3.07. The highest BCUT2D eigenvalue weighted by molar-refractivity contribution is 5.36. The Hall–Kier alpha value is -1.78. The van der Waals surface area contributed by atoms with Crippen LogP contribution in [0.25, 0.3) is 0 Å². The third-order valence-electron chi connectivity index (χ3n) is 3.07. The van der Waals surface area contributed by atoms with Gasteiger partial charge >= 0.3 is 0 Å². The maximum Gasteiger partial charge on any atom is 0.126 e. The first-order valence-electron chi connectivity index (χ1n) is 5.76. The van der Waals surface area contributed by atoms with E-state index in [2.05, 4.69) is 10.4 Å². The van der Waals surface area contributed by atoms with Crippen LogP contribution in [0.5, 0.6) is 0 Å². The molecule has 1 atom stereocenters. The van der Waals surface area contributed by atoms with Crippen molar-refractivity contribution >= 4 is 0 Å². The van der Waals surface area contributed by atoms with Crippen LogP contribution >= 0.6 is 0 Å². The van der Waals surface area contributed by atoms with E-state index in [0.29, 0.717) is 5.56 Å². The van der Waals surface area contributed by atoms with E-state index in [0.717, 1.165) is 16.7 Å². The molecule has 0 aliphatic rings. The Morgan fingerprint density at radius 2 is 2.00 bits per heavy atom. The van der Waals surface area contributed by atoms with Crippen LogP contribution in [-0.2, 0) is 0 Å². The topological polar surface area (TPSA) is 50.9 Å². The van der Waals surface area contributed by atoms with Crippen molar-refractivity contribution in [3.63, 3.8) is 0 Å². The molecule has 1 aromatic heterocycles. The second-order valence-electron chi connectivity index (χ2n) is 4.34. The quantitative estimate of drug-likeness (QED) is 0.645. The van der Waals surface area contributed by atoms with E-state index in [9.17, 15) is 4.39 Å². The van der Waals surface area contributed by atoms with Crippen molar-refractivity contribution in [3.8, 4) is 0 Å². The first-order valence-corrected chi connectivity index (χ1v) is 5.76. The van der Waals surface area contributed by atoms with Crippen LogP contribution in [-0.4, -0.2) is 4.98 Å². The van der Waals surface area contributed by atoms with Gasteiger partial charge in [0.2, 0.25) is 0 Å². The molecule has 1 heterocycles. The summed E-state index contributed by atoms with van der Waals surface area (Å²) in [5.41, 5.74) is 6.17. The lowest BCUT2D eigenvalue weighted by Crippen LogP contribution is -2.29. The molecule has 3 N–H and O–H groups in total. The number of pyridine rings is 1. The zero-order chi connectivity index (χ0) is 13.1. The monoisotopic (exact) mass is 245 g/mol. The molecular formula is C14H16FN3. The van der Waals surface area contributed by atoms with E-state index in [4.69, 9.17) is 5.84 Å². The lowest BCUT2D eigenvalue weighted by Gasteiger charge is -2.19. The number of rotatable bonds is 3. The Morgan fingerprint density at radius 3 is 2.61 bits per heavy atom. The van der Waals surface area contributed by atoms with Crippen molar-refractivity contribution in [2.75, 3.05) is 0 Å². The Kier molecular flexibility index (Phi) is 3.69. The molecule has 0 radical (unpaired) electrons. The molecule has 3 nitrogen and oxygen atoms in total. The molecule has 2 rings (SSSR count). The number of benzene rings is 1. The molecule has 0 spiro atoms. The fourth-order valence-corrected chi connectivity index (χ4v) is 1.96. The van der Waals surface area contributed by atoms with Crippen molar-refractivity contribution in [2.45, 2.75) is 19.9 Å². The minimum absolute atomic E-state index is 0.223. The van der Waals surface area contributed by atoms with Gasteiger partial charge in [-0.25, -0.2) is 9.82 Å². The summed E-state index contributed by atoms with van der Waals surface area (Å²) in [4.78, 5) is 4.04. The zero-order valence-electron chi connectivity index (χ0n) is 10.4. The minimum Gasteiger partial charge on any atom is -0.271 e. The van der Waals surface area contributed by atoms with Crippen LogP contribution in [0.3, 0.4) is 0 Å². The van der Waals surface area contributed by atoms with Gasteiger partial charge in [-0.15, -0.1) is 0 Å². The molecule has 0 fully saturated rings. The van der Waals surface area contributed by atoms with Gasteiger partial charge in [0.05, 0.1) is 6.04 Å². The number of nitrogens with zero attached hydrogens (tertiary/aromatic N) is 1. The van der Waals surface area contributed by atoms with Gasteiger partial charge in [0, 0.05) is 12.4 Å². The predicted molar refractivity (Wildman–Crippen MR) is 69.3 cm³/mol. The van der Waals surface area contributed by atoms with Gasteiger partial charge in [-0.05, 0) is 48.2 Å². The highest BCUT2D eigenvalue weighted by Crippen LogP contribution is 2.24. The Balaban J connectivity index is 2.45. The number of aryl methyl sites for hydroxylation is 2. The smallest absolute Gasteiger partial charge is 0.126 e. The standard InChI is InChI=1S/C14H16FN3/c1-9-3-4-11(7-13(9)15)14(18-16)12-5-6-17-8-10(12)2/h3-8,14,18H,16H2,1-2H3. The Morgan fingerprint density at radius 1 is 1.22 bits per heavy atom. The highest BCUT2D eigenvalue weighted by Gasteiger charge is 2.15. The first-order chi connectivity index (χ1) is 8.63. The van der Waals surface area contributed by atoms with Crippen LogP contribution in [0.15, 0.2) is 36.7 Å². The average Bonchev–Trinajstić information content (AvgIpc) is 2.37. The third kappa shape index (κ3) is 2.39. The van der Waals surface area contributed by atoms with E-state index in [1.807, 2.05) is 19.1 Å². The van der Waals surface area contributed by atoms with Gasteiger partial charge in [-0.2, -0.15) is 0 Å². The molecule has 0 bridgehead atoms. The maximum atomic E-state index is 13.6. The van der Waals surface area contributed by atoms with E-state index in [1.54, 1.807) is 25.4 Å². The van der Waals surface area contributed by atoms with Crippen LogP contribution < -0.4 is 11.3 Å². The van der Waals surface area contributed by atoms with Crippen molar-refractivity contribution in [3.05, 3.63) is 64.7 Å². The number of halogens is 1. The lowest BCUT2D eigenvalue weighted by molar-refractivity contribution is 0.597. The van der Waals surface area contributed by atoms with Crippen molar-refractivity contribution in [1.82, 2.24) is 10.4 Å². The summed E-state index contributed by atoms with van der Waals surface area (Å²) in [5, 5.41) is 0. The van der Waals surface area contributed by atoms with E-state index >= 15 is 0 Å². The van der Waals surface area contributed by atoms with E-state index in [-0.39, 0.29) is 11.9 Å². The van der Waals surface area contributed by atoms with Gasteiger partial charge in [0.1, 0.15) is 5.82 Å². The second kappa shape index (κ2) is 5.25. The number of nitrogens with two attached hydrogens (primary N) is 1. The predicted octanol–water partition coefficient (Wildman–Crippen LogP) is 2.39. The number of aromatic nitrogens is 1. The SMILES string of the molecule is Cc1ccc(C(NN)c2ccncc2C)cc1F. The van der Waals surface area contributed by atoms with E-state index < -0.39 is 0 Å². The number of hydrogen-bond acceptors (Lipinski definition) is 3. The molecular weight excluding hydrogens is 229 g/mol. The van der Waals surface area contributed by atoms with Crippen molar-refractivity contribution in [2.24, 2.45) is 5.84 Å². The molecule has 0 saturated carbocycles. The normalized spacial score (nSPS) is 12.4. The zero-order valence-corrected chi connectivity index (χ0v) is 10.4. The fourth-order valence-electron chi connectivity index (χ4n) is 1.96. The van der Waals surface area contributed by atoms with Gasteiger partial charge in [0.25, 0.3) is 0 Å². The Labute approximate surface area is 106 Å². The molecule has 1 aromatic carbocycles. The van der Waals surface area contributed by atoms with Crippen LogP contribution in [0, 0.1) is 19.7 Å². The molecule has 94 valence electrons. The van der Waals surface area contributed by atoms with Gasteiger partial charge in [-0.1, -0.05) is 12.1 Å². The molecule has 18 heavy (non-hydrogen) atoms. The maximum absolute atomic E-state index is 13.6. The summed E-state index contributed by atoms with van der Waals surface area (Å²) in [6, 6.07) is 6.80. The fraction of sp³-hybridized carbons (Fsp3) is 0.214. The number of nitrogens with one attached hydrogen (secondary N) is 1. The van der Waals surface area contributed by atoms with Gasteiger partial charge in [-0.3, -0.25) is 10.8 Å². The summed E-state index contributed by atoms with van der Waals surface area (Å²) in [5.74, 6) is 5.38. The second-order valence-corrected chi connectivity index (χ2v) is 4.34. The Bertz CT molecular complexity index is 554. The molecule has 0 aliphatic carbocycles. The molecule has 4 heteroatoms. The minimum atomic E-state index is -0.233. The van der Waals surface area contributed by atoms with Crippen molar-refractivity contribution in [1.29, 1.82) is 0 Å². The molecule has 0 aliphatic heterocycles. The molecule has 2 aromatic rings. The number of hydrazine groups is 1. The summed E-state index contributed by atoms with van der Waals surface area (Å²) in [6.45, 7) is 3.69. The highest BCUT2D eigenvalue weighted by atomic mass is 19.1. The van der Waals surface area contributed by atoms with Crippen LogP contribution in [0.2, 0.25) is 0 Å². The summed E-state index contributed by atoms with van der Waals surface area (Å²) >= 11 is 0. The van der Waals surface area contributed by atoms with Gasteiger partial charge < -0.3 is 0 Å². The molecule has 1 unspecified atom stereocenters. The van der Waals surface area contributed by atoms with Crippen LogP contribution in [0.1, 0.15) is 28.3 Å². The largest absolute Gasteiger partial charge is 0.271 e. The lowest BCUT2D eigenvalue weighted by atomic mass is 9.96. The van der Waals surface area contributed by atoms with Crippen molar-refractivity contribution < 1.29 is 4.39 Å².